The van der Waals surface area contributed by atoms with Crippen molar-refractivity contribution < 1.29 is 13.2 Å². The van der Waals surface area contributed by atoms with Crippen molar-refractivity contribution >= 4 is 39.4 Å². The maximum absolute atomic E-state index is 12.2. The number of benzene rings is 3. The average Bonchev–Trinajstić information content (AvgIpc) is 2.69. The van der Waals surface area contributed by atoms with Crippen molar-refractivity contribution in [2.75, 3.05) is 0 Å². The zero-order valence-corrected chi connectivity index (χ0v) is 17.8. The number of nitrogens with one attached hydrogen (secondary N) is 1. The summed E-state index contributed by atoms with van der Waals surface area (Å²) in [6, 6.07) is 18.8. The summed E-state index contributed by atoms with van der Waals surface area (Å²) >= 11 is 12.3. The molecule has 0 atom stereocenters. The van der Waals surface area contributed by atoms with Crippen LogP contribution in [0.4, 0.5) is 0 Å². The molecule has 29 heavy (non-hydrogen) atoms. The van der Waals surface area contributed by atoms with Gasteiger partial charge in [-0.15, -0.1) is 0 Å². The molecule has 0 aliphatic rings. The largest absolute Gasteiger partial charge is 0.489 e. The highest BCUT2D eigenvalue weighted by molar-refractivity contribution is 7.89. The number of hydrazone groups is 1. The van der Waals surface area contributed by atoms with E-state index in [1.54, 1.807) is 54.6 Å². The first-order valence-electron chi connectivity index (χ1n) is 8.62. The van der Waals surface area contributed by atoms with Gasteiger partial charge in [0, 0.05) is 15.6 Å². The maximum Gasteiger partial charge on any atom is 0.276 e. The summed E-state index contributed by atoms with van der Waals surface area (Å²) in [6.07, 6.45) is 1.42. The first-order valence-corrected chi connectivity index (χ1v) is 10.9. The normalized spacial score (nSPS) is 11.6. The van der Waals surface area contributed by atoms with E-state index in [1.165, 1.54) is 18.3 Å². The van der Waals surface area contributed by atoms with E-state index >= 15 is 0 Å². The molecule has 0 aliphatic heterocycles. The van der Waals surface area contributed by atoms with Crippen molar-refractivity contribution in [2.24, 2.45) is 5.10 Å². The molecule has 0 aliphatic carbocycles. The summed E-state index contributed by atoms with van der Waals surface area (Å²) in [7, 11) is -3.70. The minimum atomic E-state index is -3.70. The van der Waals surface area contributed by atoms with Gasteiger partial charge in [-0.05, 0) is 61.0 Å². The van der Waals surface area contributed by atoms with Crippen LogP contribution in [0.1, 0.15) is 16.7 Å². The molecule has 0 unspecified atom stereocenters. The summed E-state index contributed by atoms with van der Waals surface area (Å²) in [6.45, 7) is 2.13. The smallest absolute Gasteiger partial charge is 0.276 e. The SMILES string of the molecule is Cc1ccc(S(=O)(=O)N/N=C\c2ccc(OCc3c(Cl)cccc3Cl)cc2)cc1. The Balaban J connectivity index is 1.59. The van der Waals surface area contributed by atoms with Gasteiger partial charge in [-0.1, -0.05) is 47.0 Å². The number of ether oxygens (including phenoxy) is 1. The van der Waals surface area contributed by atoms with E-state index in [9.17, 15) is 8.42 Å². The van der Waals surface area contributed by atoms with Crippen LogP contribution in [0.15, 0.2) is 76.7 Å². The van der Waals surface area contributed by atoms with E-state index in [0.29, 0.717) is 26.9 Å². The zero-order valence-electron chi connectivity index (χ0n) is 15.5. The standard InChI is InChI=1S/C21H18Cl2N2O3S/c1-15-5-11-18(12-6-15)29(26,27)25-24-13-16-7-9-17(10-8-16)28-14-19-20(22)3-2-4-21(19)23/h2-13,25H,14H2,1H3/b24-13-. The van der Waals surface area contributed by atoms with Gasteiger partial charge in [0.25, 0.3) is 10.0 Å². The van der Waals surface area contributed by atoms with E-state index < -0.39 is 10.0 Å². The molecule has 3 aromatic rings. The van der Waals surface area contributed by atoms with Crippen molar-refractivity contribution in [3.8, 4) is 5.75 Å². The molecule has 1 N–H and O–H groups in total. The van der Waals surface area contributed by atoms with Crippen molar-refractivity contribution in [3.05, 3.63) is 93.5 Å². The lowest BCUT2D eigenvalue weighted by Crippen LogP contribution is -2.18. The minimum absolute atomic E-state index is 0.155. The summed E-state index contributed by atoms with van der Waals surface area (Å²) < 4.78 is 30.1. The Hall–Kier alpha value is -2.54. The molecule has 0 saturated heterocycles. The third kappa shape index (κ3) is 5.73. The van der Waals surface area contributed by atoms with Gasteiger partial charge in [-0.2, -0.15) is 13.5 Å². The van der Waals surface area contributed by atoms with Crippen molar-refractivity contribution in [1.29, 1.82) is 0 Å². The molecule has 0 radical (unpaired) electrons. The number of rotatable bonds is 7. The Morgan fingerprint density at radius 1 is 0.966 bits per heavy atom. The third-order valence-corrected chi connectivity index (χ3v) is 5.99. The monoisotopic (exact) mass is 448 g/mol. The van der Waals surface area contributed by atoms with E-state index in [-0.39, 0.29) is 11.5 Å². The van der Waals surface area contributed by atoms with Gasteiger partial charge in [-0.25, -0.2) is 4.83 Å². The minimum Gasteiger partial charge on any atom is -0.489 e. The molecule has 0 amide bonds. The van der Waals surface area contributed by atoms with Gasteiger partial charge >= 0.3 is 0 Å². The van der Waals surface area contributed by atoms with Crippen LogP contribution in [-0.4, -0.2) is 14.6 Å². The van der Waals surface area contributed by atoms with Crippen molar-refractivity contribution in [2.45, 2.75) is 18.4 Å². The molecular formula is C21H18Cl2N2O3S. The van der Waals surface area contributed by atoms with Gasteiger partial charge in [0.05, 0.1) is 11.1 Å². The predicted octanol–water partition coefficient (Wildman–Crippen LogP) is 5.19. The van der Waals surface area contributed by atoms with Crippen molar-refractivity contribution in [1.82, 2.24) is 4.83 Å². The van der Waals surface area contributed by atoms with Crippen LogP contribution in [0, 0.1) is 6.92 Å². The van der Waals surface area contributed by atoms with Gasteiger partial charge in [0.1, 0.15) is 12.4 Å². The molecule has 0 saturated carbocycles. The molecule has 150 valence electrons. The van der Waals surface area contributed by atoms with Gasteiger partial charge in [-0.3, -0.25) is 0 Å². The Bertz CT molecular complexity index is 1090. The second-order valence-electron chi connectivity index (χ2n) is 6.22. The topological polar surface area (TPSA) is 67.8 Å². The van der Waals surface area contributed by atoms with Crippen LogP contribution in [-0.2, 0) is 16.6 Å². The summed E-state index contributed by atoms with van der Waals surface area (Å²) in [4.78, 5) is 2.35. The van der Waals surface area contributed by atoms with Gasteiger partial charge < -0.3 is 4.74 Å². The van der Waals surface area contributed by atoms with Gasteiger partial charge in [0.2, 0.25) is 0 Å². The third-order valence-electron chi connectivity index (χ3n) is 4.04. The molecule has 0 bridgehead atoms. The van der Waals surface area contributed by atoms with Crippen molar-refractivity contribution in [3.63, 3.8) is 0 Å². The number of sulfonamides is 1. The molecule has 0 heterocycles. The number of nitrogens with zero attached hydrogens (tertiary/aromatic N) is 1. The highest BCUT2D eigenvalue weighted by Gasteiger charge is 2.11. The first-order chi connectivity index (χ1) is 13.8. The van der Waals surface area contributed by atoms with E-state index in [1.807, 2.05) is 6.92 Å². The number of hydrogen-bond acceptors (Lipinski definition) is 4. The highest BCUT2D eigenvalue weighted by Crippen LogP contribution is 2.25. The first kappa shape index (κ1) is 21.2. The average molecular weight is 449 g/mol. The lowest BCUT2D eigenvalue weighted by molar-refractivity contribution is 0.306. The van der Waals surface area contributed by atoms with Crippen LogP contribution in [0.2, 0.25) is 10.0 Å². The lowest BCUT2D eigenvalue weighted by atomic mass is 10.2. The number of hydrogen-bond donors (Lipinski definition) is 1. The summed E-state index contributed by atoms with van der Waals surface area (Å²) in [5.74, 6) is 0.623. The summed E-state index contributed by atoms with van der Waals surface area (Å²) in [5, 5.41) is 4.91. The zero-order chi connectivity index (χ0) is 20.9. The molecule has 8 heteroatoms. The molecule has 0 aromatic heterocycles. The molecule has 3 aromatic carbocycles. The van der Waals surface area contributed by atoms with Gasteiger partial charge in [0.15, 0.2) is 0 Å². The molecule has 0 fully saturated rings. The highest BCUT2D eigenvalue weighted by atomic mass is 35.5. The lowest BCUT2D eigenvalue weighted by Gasteiger charge is -2.09. The quantitative estimate of drug-likeness (QED) is 0.399. The second-order valence-corrected chi connectivity index (χ2v) is 8.70. The van der Waals surface area contributed by atoms with Crippen LogP contribution in [0.25, 0.3) is 0 Å². The molecule has 3 rings (SSSR count). The van der Waals surface area contributed by atoms with E-state index in [0.717, 1.165) is 5.56 Å². The Morgan fingerprint density at radius 2 is 1.59 bits per heavy atom. The fraction of sp³-hybridized carbons (Fsp3) is 0.0952. The Morgan fingerprint density at radius 3 is 2.21 bits per heavy atom. The predicted molar refractivity (Wildman–Crippen MR) is 116 cm³/mol. The summed E-state index contributed by atoms with van der Waals surface area (Å²) in [5.41, 5.74) is 2.40. The Kier molecular flexibility index (Phi) is 6.79. The van der Waals surface area contributed by atoms with Crippen LogP contribution < -0.4 is 9.57 Å². The van der Waals surface area contributed by atoms with E-state index in [2.05, 4.69) is 9.93 Å². The maximum atomic E-state index is 12.2. The fourth-order valence-corrected chi connectivity index (χ4v) is 3.71. The fourth-order valence-electron chi connectivity index (χ4n) is 2.42. The second kappa shape index (κ2) is 9.31. The molecular weight excluding hydrogens is 431 g/mol. The van der Waals surface area contributed by atoms with E-state index in [4.69, 9.17) is 27.9 Å². The molecule has 5 nitrogen and oxygen atoms in total. The Labute approximate surface area is 180 Å². The van der Waals surface area contributed by atoms with Crippen LogP contribution in [0.5, 0.6) is 5.75 Å². The van der Waals surface area contributed by atoms with Crippen LogP contribution >= 0.6 is 23.2 Å². The molecule has 0 spiro atoms. The number of halogens is 2. The number of aryl methyl sites for hydroxylation is 1. The van der Waals surface area contributed by atoms with Crippen LogP contribution in [0.3, 0.4) is 0 Å².